The van der Waals surface area contributed by atoms with Crippen molar-refractivity contribution >= 4 is 34.1 Å². The van der Waals surface area contributed by atoms with Gasteiger partial charge in [0.1, 0.15) is 30.9 Å². The third kappa shape index (κ3) is 6.07. The summed E-state index contributed by atoms with van der Waals surface area (Å²) in [4.78, 5) is 50.7. The lowest BCUT2D eigenvalue weighted by Gasteiger charge is -2.32. The van der Waals surface area contributed by atoms with Crippen molar-refractivity contribution in [2.75, 3.05) is 58.4 Å². The molecule has 1 aromatic heterocycles. The Hall–Kier alpha value is -2.86. The zero-order chi connectivity index (χ0) is 28.6. The monoisotopic (exact) mass is 569 g/mol. The van der Waals surface area contributed by atoms with Gasteiger partial charge in [0.2, 0.25) is 5.91 Å². The van der Waals surface area contributed by atoms with Crippen LogP contribution in [0.1, 0.15) is 37.6 Å². The smallest absolute Gasteiger partial charge is 0.251 e. The SMILES string of the molecule is CO[C@@H]1CN(C(=O)[C@H](CC(C)(C)C)NC(=O)c2ccc(-c3csc(N4CCN(C)CC4)n3)cc2)[C@@H]2C(=O)CO[C@@H]21. The second-order valence-corrected chi connectivity index (χ2v) is 13.0. The van der Waals surface area contributed by atoms with Crippen molar-refractivity contribution in [2.24, 2.45) is 5.41 Å². The number of likely N-dealkylation sites (tertiary alicyclic amines) is 1. The maximum atomic E-state index is 13.8. The molecule has 0 saturated carbocycles. The molecule has 40 heavy (non-hydrogen) atoms. The quantitative estimate of drug-likeness (QED) is 0.542. The van der Waals surface area contributed by atoms with E-state index >= 15 is 0 Å². The number of ether oxygens (including phenoxy) is 2. The Morgan fingerprint density at radius 2 is 1.88 bits per heavy atom. The first-order chi connectivity index (χ1) is 19.0. The largest absolute Gasteiger partial charge is 0.377 e. The van der Waals surface area contributed by atoms with E-state index in [2.05, 4.69) is 22.2 Å². The summed E-state index contributed by atoms with van der Waals surface area (Å²) in [5.41, 5.74) is 2.04. The number of hydrogen-bond donors (Lipinski definition) is 1. The zero-order valence-electron chi connectivity index (χ0n) is 23.9. The van der Waals surface area contributed by atoms with Crippen LogP contribution in [0.3, 0.4) is 0 Å². The Balaban J connectivity index is 1.28. The van der Waals surface area contributed by atoms with E-state index < -0.39 is 18.2 Å². The van der Waals surface area contributed by atoms with Gasteiger partial charge in [0.05, 0.1) is 12.2 Å². The standard InChI is InChI=1S/C29H39N5O5S/c1-29(2,3)14-20(27(37)34-15-23(38-5)25-24(34)22(35)16-39-25)30-26(36)19-8-6-18(7-9-19)21-17-40-28(31-21)33-12-10-32(4)11-13-33/h6-9,17,20,23-25H,10-16H2,1-5H3,(H,30,36)/t20-,23+,24+,25+/m0/s1. The highest BCUT2D eigenvalue weighted by molar-refractivity contribution is 7.14. The van der Waals surface area contributed by atoms with Gasteiger partial charge in [-0.2, -0.15) is 0 Å². The predicted molar refractivity (Wildman–Crippen MR) is 154 cm³/mol. The number of amides is 2. The van der Waals surface area contributed by atoms with Crippen LogP contribution in [-0.2, 0) is 19.1 Å². The number of piperazine rings is 1. The van der Waals surface area contributed by atoms with Crippen LogP contribution in [0.2, 0.25) is 0 Å². The number of nitrogens with one attached hydrogen (secondary N) is 1. The Kier molecular flexibility index (Phi) is 8.28. The number of rotatable bonds is 7. The fourth-order valence-corrected chi connectivity index (χ4v) is 6.52. The van der Waals surface area contributed by atoms with Gasteiger partial charge in [0, 0.05) is 49.8 Å². The van der Waals surface area contributed by atoms with E-state index in [1.165, 1.54) is 4.90 Å². The minimum absolute atomic E-state index is 0.0303. The van der Waals surface area contributed by atoms with Gasteiger partial charge < -0.3 is 29.5 Å². The van der Waals surface area contributed by atoms with E-state index in [0.717, 1.165) is 42.6 Å². The fourth-order valence-electron chi connectivity index (χ4n) is 5.63. The van der Waals surface area contributed by atoms with Gasteiger partial charge in [-0.15, -0.1) is 11.3 Å². The molecule has 5 rings (SSSR count). The van der Waals surface area contributed by atoms with Gasteiger partial charge in [-0.05, 0) is 31.0 Å². The van der Waals surface area contributed by atoms with Crippen LogP contribution in [0, 0.1) is 5.41 Å². The lowest BCUT2D eigenvalue weighted by atomic mass is 9.87. The highest BCUT2D eigenvalue weighted by Crippen LogP contribution is 2.32. The van der Waals surface area contributed by atoms with Crippen molar-refractivity contribution in [1.82, 2.24) is 20.1 Å². The van der Waals surface area contributed by atoms with Crippen molar-refractivity contribution in [2.45, 2.75) is 51.5 Å². The third-order valence-corrected chi connectivity index (χ3v) is 8.75. The number of benzene rings is 1. The van der Waals surface area contributed by atoms with Crippen LogP contribution in [0.5, 0.6) is 0 Å². The molecule has 1 aromatic carbocycles. The first-order valence-corrected chi connectivity index (χ1v) is 14.7. The first-order valence-electron chi connectivity index (χ1n) is 13.8. The molecule has 0 aliphatic carbocycles. The molecule has 2 aromatic rings. The molecule has 0 spiro atoms. The Morgan fingerprint density at radius 1 is 1.18 bits per heavy atom. The molecule has 4 atom stereocenters. The highest BCUT2D eigenvalue weighted by Gasteiger charge is 2.53. The molecule has 3 fully saturated rings. The Labute approximate surface area is 239 Å². The van der Waals surface area contributed by atoms with Crippen molar-refractivity contribution in [3.63, 3.8) is 0 Å². The van der Waals surface area contributed by atoms with Crippen LogP contribution < -0.4 is 10.2 Å². The molecule has 0 radical (unpaired) electrons. The number of ketones is 1. The minimum atomic E-state index is -0.790. The van der Waals surface area contributed by atoms with E-state index in [0.29, 0.717) is 12.0 Å². The molecule has 3 aliphatic heterocycles. The first kappa shape index (κ1) is 28.7. The summed E-state index contributed by atoms with van der Waals surface area (Å²) in [6.45, 7) is 10.3. The van der Waals surface area contributed by atoms with Crippen LogP contribution in [0.15, 0.2) is 29.6 Å². The number of methoxy groups -OCH3 is 1. The molecule has 216 valence electrons. The van der Waals surface area contributed by atoms with Crippen LogP contribution >= 0.6 is 11.3 Å². The molecule has 1 N–H and O–H groups in total. The lowest BCUT2D eigenvalue weighted by Crippen LogP contribution is -2.53. The molecule has 3 saturated heterocycles. The number of carbonyl (C=O) groups is 3. The predicted octanol–water partition coefficient (Wildman–Crippen LogP) is 2.29. The molecule has 3 aliphatic rings. The number of fused-ring (bicyclic) bond motifs is 1. The van der Waals surface area contributed by atoms with E-state index in [9.17, 15) is 14.4 Å². The number of likely N-dealkylation sites (N-methyl/N-ethyl adjacent to an activating group) is 1. The van der Waals surface area contributed by atoms with Gasteiger partial charge in [-0.3, -0.25) is 14.4 Å². The summed E-state index contributed by atoms with van der Waals surface area (Å²) in [6.07, 6.45) is -0.423. The van der Waals surface area contributed by atoms with E-state index in [4.69, 9.17) is 14.5 Å². The fraction of sp³-hybridized carbons (Fsp3) is 0.586. The number of anilines is 1. The lowest BCUT2D eigenvalue weighted by molar-refractivity contribution is -0.138. The second-order valence-electron chi connectivity index (χ2n) is 12.1. The molecular formula is C29H39N5O5S. The zero-order valence-corrected chi connectivity index (χ0v) is 24.7. The maximum absolute atomic E-state index is 13.8. The van der Waals surface area contributed by atoms with Crippen LogP contribution in [0.4, 0.5) is 5.13 Å². The molecule has 11 heteroatoms. The van der Waals surface area contributed by atoms with Gasteiger partial charge in [0.15, 0.2) is 10.9 Å². The minimum Gasteiger partial charge on any atom is -0.377 e. The van der Waals surface area contributed by atoms with Crippen LogP contribution in [-0.4, -0.2) is 110 Å². The number of nitrogens with zero attached hydrogens (tertiary/aromatic N) is 4. The van der Waals surface area contributed by atoms with Crippen molar-refractivity contribution in [3.05, 3.63) is 35.2 Å². The number of aromatic nitrogens is 1. The number of hydrogen-bond acceptors (Lipinski definition) is 9. The molecule has 10 nitrogen and oxygen atoms in total. The molecule has 4 heterocycles. The molecule has 2 amide bonds. The summed E-state index contributed by atoms with van der Waals surface area (Å²) in [5, 5.41) is 6.02. The summed E-state index contributed by atoms with van der Waals surface area (Å²) in [5.74, 6) is -0.752. The molecule has 0 unspecified atom stereocenters. The van der Waals surface area contributed by atoms with Gasteiger partial charge in [0.25, 0.3) is 5.91 Å². The van der Waals surface area contributed by atoms with Gasteiger partial charge in [-0.1, -0.05) is 32.9 Å². The summed E-state index contributed by atoms with van der Waals surface area (Å²) >= 11 is 1.63. The summed E-state index contributed by atoms with van der Waals surface area (Å²) < 4.78 is 11.1. The second kappa shape index (κ2) is 11.6. The summed E-state index contributed by atoms with van der Waals surface area (Å²) in [7, 11) is 3.69. The Bertz CT molecular complexity index is 1230. The van der Waals surface area contributed by atoms with Crippen molar-refractivity contribution in [1.29, 1.82) is 0 Å². The van der Waals surface area contributed by atoms with Crippen molar-refractivity contribution in [3.8, 4) is 11.3 Å². The normalized spacial score (nSPS) is 24.3. The van der Waals surface area contributed by atoms with E-state index in [1.807, 2.05) is 38.3 Å². The van der Waals surface area contributed by atoms with E-state index in [1.54, 1.807) is 30.6 Å². The maximum Gasteiger partial charge on any atom is 0.251 e. The molecular weight excluding hydrogens is 530 g/mol. The summed E-state index contributed by atoms with van der Waals surface area (Å²) in [6, 6.07) is 5.84. The van der Waals surface area contributed by atoms with Gasteiger partial charge >= 0.3 is 0 Å². The van der Waals surface area contributed by atoms with Crippen LogP contribution in [0.25, 0.3) is 11.3 Å². The number of carbonyl (C=O) groups excluding carboxylic acids is 3. The van der Waals surface area contributed by atoms with Crippen molar-refractivity contribution < 1.29 is 23.9 Å². The third-order valence-electron chi connectivity index (χ3n) is 7.85. The Morgan fingerprint density at radius 3 is 2.52 bits per heavy atom. The number of Topliss-reactive ketones (excluding diaryl/α,β-unsaturated/α-hetero) is 1. The average Bonchev–Trinajstić information content (AvgIpc) is 3.65. The van der Waals surface area contributed by atoms with Gasteiger partial charge in [-0.25, -0.2) is 4.98 Å². The topological polar surface area (TPSA) is 104 Å². The molecule has 0 bridgehead atoms. The van der Waals surface area contributed by atoms with E-state index in [-0.39, 0.29) is 42.3 Å². The highest BCUT2D eigenvalue weighted by atomic mass is 32.1. The number of thiazole rings is 1. The average molecular weight is 570 g/mol.